The lowest BCUT2D eigenvalue weighted by molar-refractivity contribution is -0.115. The van der Waals surface area contributed by atoms with E-state index in [9.17, 15) is 4.79 Å². The molecule has 0 saturated carbocycles. The van der Waals surface area contributed by atoms with Gasteiger partial charge in [-0.1, -0.05) is 24.6 Å². The molecule has 1 aromatic rings. The first-order valence-electron chi connectivity index (χ1n) is 5.81. The van der Waals surface area contributed by atoms with E-state index in [1.165, 1.54) is 11.8 Å². The van der Waals surface area contributed by atoms with E-state index in [0.29, 0.717) is 10.7 Å². The zero-order valence-electron chi connectivity index (χ0n) is 10.5. The molecule has 3 nitrogen and oxygen atoms in total. The van der Waals surface area contributed by atoms with Crippen molar-refractivity contribution in [3.05, 3.63) is 29.3 Å². The summed E-state index contributed by atoms with van der Waals surface area (Å²) < 4.78 is 0. The summed E-state index contributed by atoms with van der Waals surface area (Å²) in [5.74, 6) is 0.921. The van der Waals surface area contributed by atoms with Crippen LogP contribution in [-0.2, 0) is 4.79 Å². The van der Waals surface area contributed by atoms with Crippen molar-refractivity contribution in [2.45, 2.75) is 19.1 Å². The highest BCUT2D eigenvalue weighted by molar-refractivity contribution is 8.00. The van der Waals surface area contributed by atoms with Crippen LogP contribution in [0.3, 0.4) is 0 Å². The average molecular weight is 288 g/mol. The lowest BCUT2D eigenvalue weighted by Gasteiger charge is -2.14. The molecule has 0 fully saturated rings. The standard InChI is InChI=1S/C13H18ClNO2S/c1-9(7-16)8-18-10(2)13(17)15-12-5-3-4-11(14)6-12/h3-6,9-10,16H,7-8H2,1-2H3,(H,15,17). The van der Waals surface area contributed by atoms with Gasteiger partial charge in [-0.3, -0.25) is 4.79 Å². The number of carbonyl (C=O) groups excluding carboxylic acids is 1. The molecule has 0 aliphatic carbocycles. The van der Waals surface area contributed by atoms with Crippen molar-refractivity contribution >= 4 is 35.0 Å². The predicted molar refractivity (Wildman–Crippen MR) is 78.3 cm³/mol. The summed E-state index contributed by atoms with van der Waals surface area (Å²) in [5.41, 5.74) is 0.704. The number of benzene rings is 1. The summed E-state index contributed by atoms with van der Waals surface area (Å²) in [6.45, 7) is 3.96. The smallest absolute Gasteiger partial charge is 0.237 e. The van der Waals surface area contributed by atoms with Gasteiger partial charge in [0, 0.05) is 17.3 Å². The predicted octanol–water partition coefficient (Wildman–Crippen LogP) is 3.03. The first-order chi connectivity index (χ1) is 8.52. The third-order valence-corrected chi connectivity index (χ3v) is 4.11. The summed E-state index contributed by atoms with van der Waals surface area (Å²) >= 11 is 7.38. The molecule has 0 spiro atoms. The molecule has 0 bridgehead atoms. The van der Waals surface area contributed by atoms with E-state index in [1.807, 2.05) is 13.8 Å². The van der Waals surface area contributed by atoms with Crippen molar-refractivity contribution in [1.29, 1.82) is 0 Å². The number of hydrogen-bond donors (Lipinski definition) is 2. The van der Waals surface area contributed by atoms with Crippen LogP contribution >= 0.6 is 23.4 Å². The molecule has 100 valence electrons. The normalized spacial score (nSPS) is 14.0. The molecule has 5 heteroatoms. The van der Waals surface area contributed by atoms with Gasteiger partial charge in [0.2, 0.25) is 5.91 Å². The van der Waals surface area contributed by atoms with Crippen molar-refractivity contribution in [2.24, 2.45) is 5.92 Å². The second-order valence-corrected chi connectivity index (χ2v) is 6.07. The van der Waals surface area contributed by atoms with E-state index < -0.39 is 0 Å². The number of aliphatic hydroxyl groups is 1. The number of aliphatic hydroxyl groups excluding tert-OH is 1. The largest absolute Gasteiger partial charge is 0.396 e. The molecule has 1 amide bonds. The van der Waals surface area contributed by atoms with E-state index in [4.69, 9.17) is 16.7 Å². The molecule has 0 aromatic heterocycles. The van der Waals surface area contributed by atoms with Crippen LogP contribution in [0.25, 0.3) is 0 Å². The van der Waals surface area contributed by atoms with E-state index in [0.717, 1.165) is 5.75 Å². The molecular formula is C13H18ClNO2S. The van der Waals surface area contributed by atoms with E-state index >= 15 is 0 Å². The Morgan fingerprint density at radius 1 is 1.50 bits per heavy atom. The van der Waals surface area contributed by atoms with Gasteiger partial charge in [-0.05, 0) is 36.8 Å². The van der Waals surface area contributed by atoms with Gasteiger partial charge >= 0.3 is 0 Å². The maximum absolute atomic E-state index is 11.9. The van der Waals surface area contributed by atoms with Gasteiger partial charge < -0.3 is 10.4 Å². The zero-order chi connectivity index (χ0) is 13.5. The molecule has 1 rings (SSSR count). The van der Waals surface area contributed by atoms with Gasteiger partial charge in [0.15, 0.2) is 0 Å². The molecule has 2 unspecified atom stereocenters. The minimum atomic E-state index is -0.155. The van der Waals surface area contributed by atoms with Gasteiger partial charge in [0.25, 0.3) is 0 Å². The Hall–Kier alpha value is -0.710. The van der Waals surface area contributed by atoms with Gasteiger partial charge in [-0.2, -0.15) is 0 Å². The number of anilines is 1. The van der Waals surface area contributed by atoms with Crippen molar-refractivity contribution < 1.29 is 9.90 Å². The van der Waals surface area contributed by atoms with Gasteiger partial charge in [-0.15, -0.1) is 11.8 Å². The van der Waals surface area contributed by atoms with Crippen LogP contribution in [0.5, 0.6) is 0 Å². The number of hydrogen-bond acceptors (Lipinski definition) is 3. The van der Waals surface area contributed by atoms with E-state index in [2.05, 4.69) is 5.32 Å². The molecule has 1 aromatic carbocycles. The molecule has 18 heavy (non-hydrogen) atoms. The number of rotatable bonds is 6. The second-order valence-electron chi connectivity index (χ2n) is 4.26. The first kappa shape index (κ1) is 15.3. The Morgan fingerprint density at radius 2 is 2.22 bits per heavy atom. The van der Waals surface area contributed by atoms with Gasteiger partial charge in [0.05, 0.1) is 5.25 Å². The number of thioether (sulfide) groups is 1. The van der Waals surface area contributed by atoms with Crippen molar-refractivity contribution in [1.82, 2.24) is 0 Å². The second kappa shape index (κ2) is 7.67. The summed E-state index contributed by atoms with van der Waals surface area (Å²) in [6, 6.07) is 7.08. The molecule has 2 N–H and O–H groups in total. The highest BCUT2D eigenvalue weighted by Crippen LogP contribution is 2.19. The number of amides is 1. The average Bonchev–Trinajstić information content (AvgIpc) is 2.35. The minimum Gasteiger partial charge on any atom is -0.396 e. The van der Waals surface area contributed by atoms with Crippen LogP contribution in [-0.4, -0.2) is 28.6 Å². The van der Waals surface area contributed by atoms with Crippen molar-refractivity contribution in [3.63, 3.8) is 0 Å². The van der Waals surface area contributed by atoms with Crippen LogP contribution < -0.4 is 5.32 Å². The molecule has 0 radical (unpaired) electrons. The third-order valence-electron chi connectivity index (χ3n) is 2.40. The Kier molecular flexibility index (Phi) is 6.54. The summed E-state index contributed by atoms with van der Waals surface area (Å²) in [5, 5.41) is 12.2. The molecule has 0 heterocycles. The van der Waals surface area contributed by atoms with Gasteiger partial charge in [0.1, 0.15) is 0 Å². The Bertz CT molecular complexity index is 400. The Morgan fingerprint density at radius 3 is 2.83 bits per heavy atom. The fourth-order valence-electron chi connectivity index (χ4n) is 1.25. The maximum atomic E-state index is 11.9. The van der Waals surface area contributed by atoms with Crippen LogP contribution in [0.2, 0.25) is 5.02 Å². The van der Waals surface area contributed by atoms with Crippen LogP contribution in [0.15, 0.2) is 24.3 Å². The molecule has 0 aliphatic rings. The topological polar surface area (TPSA) is 49.3 Å². The molecular weight excluding hydrogens is 270 g/mol. The van der Waals surface area contributed by atoms with Crippen molar-refractivity contribution in [2.75, 3.05) is 17.7 Å². The van der Waals surface area contributed by atoms with Crippen LogP contribution in [0.4, 0.5) is 5.69 Å². The monoisotopic (exact) mass is 287 g/mol. The first-order valence-corrected chi connectivity index (χ1v) is 7.24. The molecule has 2 atom stereocenters. The fourth-order valence-corrected chi connectivity index (χ4v) is 2.37. The Labute approximate surface area is 117 Å². The van der Waals surface area contributed by atoms with Crippen LogP contribution in [0.1, 0.15) is 13.8 Å². The molecule has 0 aliphatic heterocycles. The fraction of sp³-hybridized carbons (Fsp3) is 0.462. The number of nitrogens with one attached hydrogen (secondary N) is 1. The third kappa shape index (κ3) is 5.29. The van der Waals surface area contributed by atoms with Crippen LogP contribution in [0, 0.1) is 5.92 Å². The SMILES string of the molecule is CC(CO)CSC(C)C(=O)Nc1cccc(Cl)c1. The highest BCUT2D eigenvalue weighted by atomic mass is 35.5. The lowest BCUT2D eigenvalue weighted by Crippen LogP contribution is -2.23. The molecule has 0 saturated heterocycles. The summed E-state index contributed by atoms with van der Waals surface area (Å²) in [6.07, 6.45) is 0. The Balaban J connectivity index is 2.45. The lowest BCUT2D eigenvalue weighted by atomic mass is 10.2. The zero-order valence-corrected chi connectivity index (χ0v) is 12.1. The number of halogens is 1. The van der Waals surface area contributed by atoms with Crippen molar-refractivity contribution in [3.8, 4) is 0 Å². The highest BCUT2D eigenvalue weighted by Gasteiger charge is 2.14. The number of carbonyl (C=O) groups is 1. The summed E-state index contributed by atoms with van der Waals surface area (Å²) in [7, 11) is 0. The van der Waals surface area contributed by atoms with E-state index in [1.54, 1.807) is 24.3 Å². The maximum Gasteiger partial charge on any atom is 0.237 e. The van der Waals surface area contributed by atoms with E-state index in [-0.39, 0.29) is 23.7 Å². The summed E-state index contributed by atoms with van der Waals surface area (Å²) in [4.78, 5) is 11.9. The van der Waals surface area contributed by atoms with Gasteiger partial charge in [-0.25, -0.2) is 0 Å². The minimum absolute atomic E-state index is 0.0487. The quantitative estimate of drug-likeness (QED) is 0.845.